The highest BCUT2D eigenvalue weighted by molar-refractivity contribution is 5.90. The zero-order valence-electron chi connectivity index (χ0n) is 10.6. The minimum atomic E-state index is -1.08. The second-order valence-corrected chi connectivity index (χ2v) is 4.11. The number of phenols is 1. The van der Waals surface area contributed by atoms with E-state index < -0.39 is 10.9 Å². The first-order chi connectivity index (χ1) is 9.97. The number of nitro groups is 1. The molecule has 0 aliphatic rings. The predicted molar refractivity (Wildman–Crippen MR) is 75.4 cm³/mol. The Balaban J connectivity index is 2.33. The molecule has 2 N–H and O–H groups in total. The maximum atomic E-state index is 10.8. The van der Waals surface area contributed by atoms with Crippen molar-refractivity contribution >= 4 is 23.6 Å². The first-order valence-electron chi connectivity index (χ1n) is 5.82. The Morgan fingerprint density at radius 1 is 1.24 bits per heavy atom. The number of hydrogen-bond donors (Lipinski definition) is 2. The lowest BCUT2D eigenvalue weighted by atomic mass is 10.2. The molecule has 2 aromatic rings. The van der Waals surface area contributed by atoms with Crippen LogP contribution in [-0.4, -0.2) is 27.3 Å². The van der Waals surface area contributed by atoms with E-state index in [1.165, 1.54) is 42.6 Å². The molecule has 0 aliphatic carbocycles. The number of carboxylic acid groups (broad SMARTS) is 1. The molecule has 0 heterocycles. The first-order valence-corrected chi connectivity index (χ1v) is 5.82. The van der Waals surface area contributed by atoms with E-state index in [-0.39, 0.29) is 22.6 Å². The number of hydrogen-bond acceptors (Lipinski definition) is 5. The zero-order valence-corrected chi connectivity index (χ0v) is 10.6. The van der Waals surface area contributed by atoms with Crippen LogP contribution < -0.4 is 0 Å². The number of rotatable bonds is 4. The van der Waals surface area contributed by atoms with Gasteiger partial charge in [-0.3, -0.25) is 15.1 Å². The fourth-order valence-corrected chi connectivity index (χ4v) is 1.62. The summed E-state index contributed by atoms with van der Waals surface area (Å²) in [5.74, 6) is -1.23. The van der Waals surface area contributed by atoms with Gasteiger partial charge in [-0.15, -0.1) is 0 Å². The second-order valence-electron chi connectivity index (χ2n) is 4.11. The molecule has 0 bridgehead atoms. The Labute approximate surface area is 119 Å². The monoisotopic (exact) mass is 286 g/mol. The Morgan fingerprint density at radius 2 is 2.00 bits per heavy atom. The molecular formula is C14H10N2O5. The van der Waals surface area contributed by atoms with Gasteiger partial charge in [0.25, 0.3) is 5.69 Å². The molecule has 106 valence electrons. The van der Waals surface area contributed by atoms with Crippen molar-refractivity contribution in [3.05, 3.63) is 63.7 Å². The third-order valence-electron chi connectivity index (χ3n) is 2.67. The van der Waals surface area contributed by atoms with Gasteiger partial charge in [0.1, 0.15) is 5.75 Å². The zero-order chi connectivity index (χ0) is 15.4. The molecule has 0 unspecified atom stereocenters. The van der Waals surface area contributed by atoms with Crippen LogP contribution in [0.1, 0.15) is 15.9 Å². The van der Waals surface area contributed by atoms with Gasteiger partial charge in [0.15, 0.2) is 0 Å². The number of benzene rings is 2. The highest BCUT2D eigenvalue weighted by atomic mass is 16.6. The number of non-ortho nitro benzene ring substituents is 1. The van der Waals surface area contributed by atoms with E-state index >= 15 is 0 Å². The van der Waals surface area contributed by atoms with Crippen molar-refractivity contribution in [3.8, 4) is 5.75 Å². The summed E-state index contributed by atoms with van der Waals surface area (Å²) in [5, 5.41) is 29.2. The van der Waals surface area contributed by atoms with Gasteiger partial charge in [0.2, 0.25) is 0 Å². The van der Waals surface area contributed by atoms with Gasteiger partial charge >= 0.3 is 5.97 Å². The molecule has 0 saturated carbocycles. The normalized spacial score (nSPS) is 10.7. The second kappa shape index (κ2) is 5.83. The molecule has 7 heteroatoms. The van der Waals surface area contributed by atoms with Crippen LogP contribution >= 0.6 is 0 Å². The van der Waals surface area contributed by atoms with Crippen molar-refractivity contribution in [1.82, 2.24) is 0 Å². The standard InChI is InChI=1S/C14H10N2O5/c17-13-5-4-12(16(20)21)7-10(13)8-15-11-3-1-2-9(6-11)14(18)19/h1-8,17H,(H,18,19)/b15-8+. The summed E-state index contributed by atoms with van der Waals surface area (Å²) in [6, 6.07) is 9.45. The number of nitrogens with zero attached hydrogens (tertiary/aromatic N) is 2. The van der Waals surface area contributed by atoms with Crippen LogP contribution in [0.2, 0.25) is 0 Å². The highest BCUT2D eigenvalue weighted by Crippen LogP contribution is 2.22. The van der Waals surface area contributed by atoms with Crippen LogP contribution in [0.3, 0.4) is 0 Å². The SMILES string of the molecule is O=C(O)c1cccc(/N=C/c2cc([N+](=O)[O-])ccc2O)c1. The summed E-state index contributed by atoms with van der Waals surface area (Å²) >= 11 is 0. The molecule has 0 fully saturated rings. The van der Waals surface area contributed by atoms with Crippen LogP contribution in [0.25, 0.3) is 0 Å². The quantitative estimate of drug-likeness (QED) is 0.509. The minimum absolute atomic E-state index is 0.0768. The average molecular weight is 286 g/mol. The number of aromatic hydroxyl groups is 1. The van der Waals surface area contributed by atoms with E-state index in [2.05, 4.69) is 4.99 Å². The molecule has 7 nitrogen and oxygen atoms in total. The molecule has 0 amide bonds. The lowest BCUT2D eigenvalue weighted by molar-refractivity contribution is -0.384. The molecule has 2 rings (SSSR count). The summed E-state index contributed by atoms with van der Waals surface area (Å²) in [6.45, 7) is 0. The van der Waals surface area contributed by atoms with Gasteiger partial charge in [-0.2, -0.15) is 0 Å². The smallest absolute Gasteiger partial charge is 0.335 e. The average Bonchev–Trinajstić information content (AvgIpc) is 2.46. The van der Waals surface area contributed by atoms with E-state index in [0.717, 1.165) is 0 Å². The van der Waals surface area contributed by atoms with E-state index in [1.807, 2.05) is 0 Å². The van der Waals surface area contributed by atoms with Gasteiger partial charge in [-0.25, -0.2) is 4.79 Å². The number of aromatic carboxylic acids is 1. The van der Waals surface area contributed by atoms with Crippen molar-refractivity contribution < 1.29 is 19.9 Å². The number of carbonyl (C=O) groups is 1. The predicted octanol–water partition coefficient (Wildman–Crippen LogP) is 2.75. The Hall–Kier alpha value is -3.22. The van der Waals surface area contributed by atoms with Gasteiger partial charge in [0.05, 0.1) is 16.2 Å². The maximum Gasteiger partial charge on any atom is 0.335 e. The molecular weight excluding hydrogens is 276 g/mol. The molecule has 21 heavy (non-hydrogen) atoms. The first kappa shape index (κ1) is 14.2. The van der Waals surface area contributed by atoms with Crippen molar-refractivity contribution in [1.29, 1.82) is 0 Å². The maximum absolute atomic E-state index is 10.8. The molecule has 0 aromatic heterocycles. The van der Waals surface area contributed by atoms with Crippen molar-refractivity contribution in [3.63, 3.8) is 0 Å². The molecule has 0 atom stereocenters. The van der Waals surface area contributed by atoms with E-state index in [0.29, 0.717) is 5.69 Å². The van der Waals surface area contributed by atoms with Crippen molar-refractivity contribution in [2.45, 2.75) is 0 Å². The largest absolute Gasteiger partial charge is 0.507 e. The van der Waals surface area contributed by atoms with Crippen LogP contribution in [-0.2, 0) is 0 Å². The lowest BCUT2D eigenvalue weighted by Gasteiger charge is -1.99. The molecule has 0 radical (unpaired) electrons. The number of nitro benzene ring substituents is 1. The summed E-state index contributed by atoms with van der Waals surface area (Å²) in [5.41, 5.74) is 0.437. The molecule has 0 aliphatic heterocycles. The fourth-order valence-electron chi connectivity index (χ4n) is 1.62. The molecule has 0 saturated heterocycles. The topological polar surface area (TPSA) is 113 Å². The van der Waals surface area contributed by atoms with Gasteiger partial charge in [0, 0.05) is 23.9 Å². The number of aliphatic imine (C=N–C) groups is 1. The lowest BCUT2D eigenvalue weighted by Crippen LogP contribution is -1.94. The Bertz CT molecular complexity index is 740. The van der Waals surface area contributed by atoms with Gasteiger partial charge in [-0.1, -0.05) is 6.07 Å². The van der Waals surface area contributed by atoms with E-state index in [4.69, 9.17) is 5.11 Å². The van der Waals surface area contributed by atoms with Gasteiger partial charge in [-0.05, 0) is 24.3 Å². The summed E-state index contributed by atoms with van der Waals surface area (Å²) < 4.78 is 0. The Kier molecular flexibility index (Phi) is 3.94. The number of carboxylic acids is 1. The third kappa shape index (κ3) is 3.41. The minimum Gasteiger partial charge on any atom is -0.507 e. The molecule has 2 aromatic carbocycles. The van der Waals surface area contributed by atoms with E-state index in [9.17, 15) is 20.0 Å². The summed E-state index contributed by atoms with van der Waals surface area (Å²) in [4.78, 5) is 24.9. The van der Waals surface area contributed by atoms with Crippen LogP contribution in [0, 0.1) is 10.1 Å². The summed E-state index contributed by atoms with van der Waals surface area (Å²) in [7, 11) is 0. The highest BCUT2D eigenvalue weighted by Gasteiger charge is 2.09. The number of phenolic OH excluding ortho intramolecular Hbond substituents is 1. The Morgan fingerprint density at radius 3 is 2.67 bits per heavy atom. The van der Waals surface area contributed by atoms with Gasteiger partial charge < -0.3 is 10.2 Å². The van der Waals surface area contributed by atoms with Crippen molar-refractivity contribution in [2.75, 3.05) is 0 Å². The fraction of sp³-hybridized carbons (Fsp3) is 0. The third-order valence-corrected chi connectivity index (χ3v) is 2.67. The van der Waals surface area contributed by atoms with Crippen LogP contribution in [0.5, 0.6) is 5.75 Å². The summed E-state index contributed by atoms with van der Waals surface area (Å²) in [6.07, 6.45) is 1.24. The van der Waals surface area contributed by atoms with Crippen LogP contribution in [0.4, 0.5) is 11.4 Å². The van der Waals surface area contributed by atoms with E-state index in [1.54, 1.807) is 6.07 Å². The van der Waals surface area contributed by atoms with Crippen molar-refractivity contribution in [2.24, 2.45) is 4.99 Å². The van der Waals surface area contributed by atoms with Crippen LogP contribution in [0.15, 0.2) is 47.5 Å². The molecule has 0 spiro atoms.